The third-order valence-corrected chi connectivity index (χ3v) is 3.06. The molecule has 1 atom stereocenters. The van der Waals surface area contributed by atoms with E-state index in [2.05, 4.69) is 10.5 Å². The van der Waals surface area contributed by atoms with Crippen molar-refractivity contribution < 1.29 is 14.0 Å². The minimum absolute atomic E-state index is 0.171. The van der Waals surface area contributed by atoms with Gasteiger partial charge in [-0.15, -0.1) is 0 Å². The Bertz CT molecular complexity index is 499. The SMILES string of the molecule is CCCNC(=O)[C@@]1(C)CC(c2ccc(F)cc2)=NO1. The fourth-order valence-electron chi connectivity index (χ4n) is 1.88. The highest BCUT2D eigenvalue weighted by Gasteiger charge is 2.41. The van der Waals surface area contributed by atoms with Crippen molar-refractivity contribution in [2.45, 2.75) is 32.3 Å². The number of hydrogen-bond donors (Lipinski definition) is 1. The molecular weight excluding hydrogens is 247 g/mol. The Balaban J connectivity index is 2.05. The Morgan fingerprint density at radius 1 is 1.47 bits per heavy atom. The van der Waals surface area contributed by atoms with E-state index >= 15 is 0 Å². The molecule has 0 bridgehead atoms. The van der Waals surface area contributed by atoms with Gasteiger partial charge < -0.3 is 10.2 Å². The van der Waals surface area contributed by atoms with E-state index in [1.165, 1.54) is 12.1 Å². The Morgan fingerprint density at radius 3 is 2.79 bits per heavy atom. The summed E-state index contributed by atoms with van der Waals surface area (Å²) in [6.07, 6.45) is 1.25. The summed E-state index contributed by atoms with van der Waals surface area (Å²) in [6, 6.07) is 6.00. The molecule has 0 unspecified atom stereocenters. The largest absolute Gasteiger partial charge is 0.379 e. The Morgan fingerprint density at radius 2 is 2.16 bits per heavy atom. The molecule has 1 amide bonds. The zero-order valence-corrected chi connectivity index (χ0v) is 11.1. The first kappa shape index (κ1) is 13.5. The summed E-state index contributed by atoms with van der Waals surface area (Å²) in [4.78, 5) is 17.3. The summed E-state index contributed by atoms with van der Waals surface area (Å²) in [6.45, 7) is 4.31. The Kier molecular flexibility index (Phi) is 3.83. The summed E-state index contributed by atoms with van der Waals surface area (Å²) in [5.41, 5.74) is 0.460. The molecular formula is C14H17FN2O2. The zero-order chi connectivity index (χ0) is 13.9. The van der Waals surface area contributed by atoms with E-state index in [4.69, 9.17) is 4.84 Å². The lowest BCUT2D eigenvalue weighted by atomic mass is 9.95. The molecule has 0 saturated heterocycles. The van der Waals surface area contributed by atoms with Gasteiger partial charge in [-0.05, 0) is 31.0 Å². The number of halogens is 1. The van der Waals surface area contributed by atoms with Gasteiger partial charge in [-0.2, -0.15) is 0 Å². The third-order valence-electron chi connectivity index (χ3n) is 3.06. The molecule has 0 saturated carbocycles. The Labute approximate surface area is 111 Å². The summed E-state index contributed by atoms with van der Waals surface area (Å²) in [5, 5.41) is 6.75. The topological polar surface area (TPSA) is 50.7 Å². The number of rotatable bonds is 4. The van der Waals surface area contributed by atoms with Crippen LogP contribution in [0.1, 0.15) is 32.3 Å². The molecule has 4 nitrogen and oxygen atoms in total. The summed E-state index contributed by atoms with van der Waals surface area (Å²) >= 11 is 0. The van der Waals surface area contributed by atoms with Gasteiger partial charge in [0.2, 0.25) is 5.60 Å². The molecule has 0 radical (unpaired) electrons. The normalized spacial score (nSPS) is 21.7. The summed E-state index contributed by atoms with van der Waals surface area (Å²) < 4.78 is 12.9. The molecule has 1 heterocycles. The summed E-state index contributed by atoms with van der Waals surface area (Å²) in [5.74, 6) is -0.470. The van der Waals surface area contributed by atoms with Gasteiger partial charge in [-0.1, -0.05) is 24.2 Å². The molecule has 1 aliphatic rings. The molecule has 0 aromatic heterocycles. The van der Waals surface area contributed by atoms with Crippen LogP contribution in [0.2, 0.25) is 0 Å². The van der Waals surface area contributed by atoms with E-state index in [9.17, 15) is 9.18 Å². The van der Waals surface area contributed by atoms with E-state index < -0.39 is 5.60 Å². The maximum absolute atomic E-state index is 12.9. The van der Waals surface area contributed by atoms with Gasteiger partial charge >= 0.3 is 0 Å². The summed E-state index contributed by atoms with van der Waals surface area (Å²) in [7, 11) is 0. The van der Waals surface area contributed by atoms with Crippen LogP contribution in [0, 0.1) is 5.82 Å². The van der Waals surface area contributed by atoms with Crippen LogP contribution in [0.15, 0.2) is 29.4 Å². The maximum atomic E-state index is 12.9. The average molecular weight is 264 g/mol. The highest BCUT2D eigenvalue weighted by atomic mass is 19.1. The molecule has 2 rings (SSSR count). The third kappa shape index (κ3) is 2.92. The molecule has 0 aliphatic carbocycles. The average Bonchev–Trinajstić information content (AvgIpc) is 2.81. The van der Waals surface area contributed by atoms with Crippen LogP contribution in [0.5, 0.6) is 0 Å². The number of carbonyl (C=O) groups excluding carboxylic acids is 1. The van der Waals surface area contributed by atoms with Crippen molar-refractivity contribution in [1.29, 1.82) is 0 Å². The number of nitrogens with zero attached hydrogens (tertiary/aromatic N) is 1. The molecule has 19 heavy (non-hydrogen) atoms. The molecule has 5 heteroatoms. The smallest absolute Gasteiger partial charge is 0.267 e. The zero-order valence-electron chi connectivity index (χ0n) is 11.1. The molecule has 1 aliphatic heterocycles. The molecule has 1 aromatic rings. The van der Waals surface area contributed by atoms with E-state index in [0.717, 1.165) is 12.0 Å². The molecule has 1 N–H and O–H groups in total. The highest BCUT2D eigenvalue weighted by molar-refractivity contribution is 6.05. The fraction of sp³-hybridized carbons (Fsp3) is 0.429. The molecule has 102 valence electrons. The van der Waals surface area contributed by atoms with Crippen LogP contribution in [0.4, 0.5) is 4.39 Å². The Hall–Kier alpha value is -1.91. The number of benzene rings is 1. The van der Waals surface area contributed by atoms with Gasteiger partial charge in [0.05, 0.1) is 5.71 Å². The van der Waals surface area contributed by atoms with Crippen LogP contribution >= 0.6 is 0 Å². The standard InChI is InChI=1S/C14H17FN2O2/c1-3-8-16-13(18)14(2)9-12(17-19-14)10-4-6-11(15)7-5-10/h4-7H,3,8-9H2,1-2H3,(H,16,18)/t14-/m1/s1. The quantitative estimate of drug-likeness (QED) is 0.906. The molecule has 0 spiro atoms. The number of carbonyl (C=O) groups is 1. The van der Waals surface area contributed by atoms with Crippen LogP contribution in [-0.2, 0) is 9.63 Å². The van der Waals surface area contributed by atoms with Gasteiger partial charge in [0.25, 0.3) is 5.91 Å². The predicted molar refractivity (Wildman–Crippen MR) is 70.3 cm³/mol. The van der Waals surface area contributed by atoms with Crippen molar-refractivity contribution in [2.24, 2.45) is 5.16 Å². The first-order valence-electron chi connectivity index (χ1n) is 6.34. The lowest BCUT2D eigenvalue weighted by molar-refractivity contribution is -0.141. The second kappa shape index (κ2) is 5.38. The van der Waals surface area contributed by atoms with Crippen molar-refractivity contribution in [2.75, 3.05) is 6.54 Å². The van der Waals surface area contributed by atoms with Crippen molar-refractivity contribution >= 4 is 11.6 Å². The highest BCUT2D eigenvalue weighted by Crippen LogP contribution is 2.26. The number of amides is 1. The van der Waals surface area contributed by atoms with Gasteiger partial charge in [-0.25, -0.2) is 4.39 Å². The van der Waals surface area contributed by atoms with Gasteiger partial charge in [-0.3, -0.25) is 4.79 Å². The van der Waals surface area contributed by atoms with E-state index in [-0.39, 0.29) is 11.7 Å². The van der Waals surface area contributed by atoms with E-state index in [0.29, 0.717) is 18.7 Å². The molecule has 0 fully saturated rings. The molecule has 1 aromatic carbocycles. The first-order valence-corrected chi connectivity index (χ1v) is 6.34. The van der Waals surface area contributed by atoms with Crippen LogP contribution in [-0.4, -0.2) is 23.8 Å². The lowest BCUT2D eigenvalue weighted by Gasteiger charge is -2.20. The maximum Gasteiger partial charge on any atom is 0.267 e. The van der Waals surface area contributed by atoms with Gasteiger partial charge in [0.1, 0.15) is 5.82 Å². The van der Waals surface area contributed by atoms with Gasteiger partial charge in [0, 0.05) is 13.0 Å². The first-order chi connectivity index (χ1) is 9.05. The predicted octanol–water partition coefficient (Wildman–Crippen LogP) is 2.24. The van der Waals surface area contributed by atoms with E-state index in [1.54, 1.807) is 19.1 Å². The van der Waals surface area contributed by atoms with Crippen molar-refractivity contribution in [1.82, 2.24) is 5.32 Å². The van der Waals surface area contributed by atoms with Crippen LogP contribution in [0.25, 0.3) is 0 Å². The number of oxime groups is 1. The second-order valence-corrected chi connectivity index (χ2v) is 4.80. The van der Waals surface area contributed by atoms with Crippen LogP contribution in [0.3, 0.4) is 0 Å². The monoisotopic (exact) mass is 264 g/mol. The fourth-order valence-corrected chi connectivity index (χ4v) is 1.88. The van der Waals surface area contributed by atoms with E-state index in [1.807, 2.05) is 6.92 Å². The minimum atomic E-state index is -0.973. The lowest BCUT2D eigenvalue weighted by Crippen LogP contribution is -2.44. The second-order valence-electron chi connectivity index (χ2n) is 4.80. The van der Waals surface area contributed by atoms with Crippen molar-refractivity contribution in [3.8, 4) is 0 Å². The number of nitrogens with one attached hydrogen (secondary N) is 1. The van der Waals surface area contributed by atoms with Crippen LogP contribution < -0.4 is 5.32 Å². The van der Waals surface area contributed by atoms with Crippen molar-refractivity contribution in [3.63, 3.8) is 0 Å². The minimum Gasteiger partial charge on any atom is -0.379 e. The van der Waals surface area contributed by atoms with Gasteiger partial charge in [0.15, 0.2) is 0 Å². The number of hydrogen-bond acceptors (Lipinski definition) is 3. The van der Waals surface area contributed by atoms with Crippen molar-refractivity contribution in [3.05, 3.63) is 35.6 Å².